The molecule has 3 rings (SSSR count). The van der Waals surface area contributed by atoms with E-state index in [-0.39, 0.29) is 11.4 Å². The Morgan fingerprint density at radius 3 is 2.86 bits per heavy atom. The van der Waals surface area contributed by atoms with Crippen molar-refractivity contribution < 1.29 is 9.53 Å². The Kier molecular flexibility index (Phi) is 8.58. The van der Waals surface area contributed by atoms with Crippen LogP contribution in [-0.2, 0) is 21.6 Å². The number of carbonyl (C=O) groups is 1. The summed E-state index contributed by atoms with van der Waals surface area (Å²) in [5.41, 5.74) is 8.41. The van der Waals surface area contributed by atoms with Gasteiger partial charge in [-0.1, -0.05) is 62.0 Å². The summed E-state index contributed by atoms with van der Waals surface area (Å²) < 4.78 is 5.23. The van der Waals surface area contributed by atoms with Crippen LogP contribution in [0, 0.1) is 0 Å². The van der Waals surface area contributed by atoms with Crippen molar-refractivity contribution in [1.29, 1.82) is 0 Å². The molecule has 1 atom stereocenters. The number of nitrogens with zero attached hydrogens (tertiary/aromatic N) is 1. The summed E-state index contributed by atoms with van der Waals surface area (Å²) in [6.45, 7) is 6.57. The second-order valence-corrected chi connectivity index (χ2v) is 7.89. The number of hydrogen-bond acceptors (Lipinski definition) is 5. The molecule has 0 aromatic heterocycles. The number of nitrogens with one attached hydrogen (secondary N) is 1. The summed E-state index contributed by atoms with van der Waals surface area (Å²) in [5, 5.41) is 3.62. The minimum Gasteiger partial charge on any atom is -0.501 e. The lowest BCUT2D eigenvalue weighted by Gasteiger charge is -2.30. The molecule has 1 aliphatic heterocycles. The fourth-order valence-electron chi connectivity index (χ4n) is 3.11. The number of methoxy groups -OCH3 is 1. The van der Waals surface area contributed by atoms with Crippen molar-refractivity contribution in [2.45, 2.75) is 45.7 Å². The molecular weight excluding hydrogens is 382 g/mol. The summed E-state index contributed by atoms with van der Waals surface area (Å²) >= 11 is 1.60. The number of amidine groups is 1. The van der Waals surface area contributed by atoms with Crippen LogP contribution in [0.3, 0.4) is 0 Å². The molecule has 0 bridgehead atoms. The predicted molar refractivity (Wildman–Crippen MR) is 123 cm³/mol. The van der Waals surface area contributed by atoms with E-state index in [4.69, 9.17) is 10.5 Å². The highest BCUT2D eigenvalue weighted by Crippen LogP contribution is 2.35. The van der Waals surface area contributed by atoms with E-state index in [0.29, 0.717) is 23.7 Å². The molecule has 0 fully saturated rings. The number of benzene rings is 1. The van der Waals surface area contributed by atoms with Gasteiger partial charge in [-0.25, -0.2) is 0 Å². The van der Waals surface area contributed by atoms with Crippen LogP contribution in [-0.4, -0.2) is 23.9 Å². The quantitative estimate of drug-likeness (QED) is 0.749. The van der Waals surface area contributed by atoms with Crippen molar-refractivity contribution in [2.24, 2.45) is 10.7 Å². The fourth-order valence-corrected chi connectivity index (χ4v) is 4.08. The smallest absolute Gasteiger partial charge is 0.251 e. The molecule has 1 heterocycles. The molecule has 1 aliphatic carbocycles. The van der Waals surface area contributed by atoms with Crippen LogP contribution in [0.25, 0.3) is 0 Å². The Hall–Kier alpha value is -2.47. The first-order valence-electron chi connectivity index (χ1n) is 9.97. The maximum Gasteiger partial charge on any atom is 0.251 e. The highest BCUT2D eigenvalue weighted by atomic mass is 32.2. The molecule has 6 heteroatoms. The first-order chi connectivity index (χ1) is 14.0. The van der Waals surface area contributed by atoms with Gasteiger partial charge in [-0.3, -0.25) is 9.79 Å². The third kappa shape index (κ3) is 6.26. The molecule has 1 aromatic carbocycles. The van der Waals surface area contributed by atoms with E-state index in [1.807, 2.05) is 44.2 Å². The van der Waals surface area contributed by atoms with Crippen LogP contribution in [0.1, 0.15) is 44.7 Å². The second-order valence-electron chi connectivity index (χ2n) is 6.77. The maximum absolute atomic E-state index is 12.5. The third-order valence-corrected chi connectivity index (χ3v) is 5.58. The van der Waals surface area contributed by atoms with E-state index in [9.17, 15) is 4.79 Å². The number of hydrogen-bond donors (Lipinski definition) is 2. The van der Waals surface area contributed by atoms with Gasteiger partial charge in [-0.2, -0.15) is 0 Å². The van der Waals surface area contributed by atoms with E-state index in [2.05, 4.69) is 29.4 Å². The van der Waals surface area contributed by atoms with Crippen LogP contribution < -0.4 is 11.1 Å². The molecule has 0 spiro atoms. The van der Waals surface area contributed by atoms with Crippen LogP contribution in [0.15, 0.2) is 64.9 Å². The predicted octanol–water partition coefficient (Wildman–Crippen LogP) is 4.41. The zero-order chi connectivity index (χ0) is 21.3. The average molecular weight is 414 g/mol. The molecule has 156 valence electrons. The third-order valence-electron chi connectivity index (χ3n) is 4.79. The van der Waals surface area contributed by atoms with Crippen molar-refractivity contribution in [1.82, 2.24) is 5.32 Å². The van der Waals surface area contributed by atoms with Gasteiger partial charge in [0, 0.05) is 24.3 Å². The second kappa shape index (κ2) is 10.9. The summed E-state index contributed by atoms with van der Waals surface area (Å²) in [4.78, 5) is 17.1. The zero-order valence-corrected chi connectivity index (χ0v) is 18.5. The molecule has 1 unspecified atom stereocenters. The molecule has 2 aliphatic rings. The molecular formula is C23H31N3O2S. The van der Waals surface area contributed by atoms with Gasteiger partial charge in [0.15, 0.2) is 5.17 Å². The van der Waals surface area contributed by atoms with E-state index in [0.717, 1.165) is 29.1 Å². The Balaban J connectivity index is 0.00000145. The lowest BCUT2D eigenvalue weighted by Crippen LogP contribution is -2.29. The number of ether oxygens (including phenoxy) is 1. The van der Waals surface area contributed by atoms with Gasteiger partial charge in [-0.05, 0) is 36.6 Å². The first kappa shape index (κ1) is 22.8. The number of aliphatic imine (C=N–C) groups is 1. The van der Waals surface area contributed by atoms with Crippen molar-refractivity contribution >= 4 is 22.8 Å². The number of amides is 1. The Morgan fingerprint density at radius 1 is 1.34 bits per heavy atom. The van der Waals surface area contributed by atoms with Gasteiger partial charge < -0.3 is 15.8 Å². The van der Waals surface area contributed by atoms with Crippen LogP contribution in [0.4, 0.5) is 0 Å². The van der Waals surface area contributed by atoms with E-state index >= 15 is 0 Å². The fraction of sp³-hybridized carbons (Fsp3) is 0.391. The van der Waals surface area contributed by atoms with Gasteiger partial charge in [-0.15, -0.1) is 0 Å². The topological polar surface area (TPSA) is 76.7 Å². The summed E-state index contributed by atoms with van der Waals surface area (Å²) in [5.74, 6) is 1.69. The Labute approximate surface area is 178 Å². The molecule has 1 amide bonds. The van der Waals surface area contributed by atoms with Crippen molar-refractivity contribution in [3.63, 3.8) is 0 Å². The molecule has 3 N–H and O–H groups in total. The van der Waals surface area contributed by atoms with Crippen LogP contribution in [0.5, 0.6) is 0 Å². The zero-order valence-electron chi connectivity index (χ0n) is 17.7. The van der Waals surface area contributed by atoms with Crippen LogP contribution >= 0.6 is 11.8 Å². The van der Waals surface area contributed by atoms with Gasteiger partial charge in [0.05, 0.1) is 18.4 Å². The number of thioether (sulfide) groups is 1. The lowest BCUT2D eigenvalue weighted by atomic mass is 9.89. The Morgan fingerprint density at radius 2 is 2.14 bits per heavy atom. The molecule has 5 nitrogen and oxygen atoms in total. The minimum atomic E-state index is -0.302. The first-order valence-corrected chi connectivity index (χ1v) is 11.0. The molecule has 0 radical (unpaired) electrons. The van der Waals surface area contributed by atoms with Gasteiger partial charge in [0.2, 0.25) is 0 Å². The van der Waals surface area contributed by atoms with Gasteiger partial charge in [0.1, 0.15) is 0 Å². The van der Waals surface area contributed by atoms with E-state index in [1.165, 1.54) is 0 Å². The monoisotopic (exact) mass is 413 g/mol. The van der Waals surface area contributed by atoms with Crippen molar-refractivity contribution in [2.75, 3.05) is 12.9 Å². The summed E-state index contributed by atoms with van der Waals surface area (Å²) in [7, 11) is 1.63. The van der Waals surface area contributed by atoms with Crippen molar-refractivity contribution in [3.05, 3.63) is 71.0 Å². The van der Waals surface area contributed by atoms with Crippen LogP contribution in [0.2, 0.25) is 0 Å². The Bertz CT molecular complexity index is 842. The number of carbonyl (C=O) groups excluding carboxylic acids is 1. The highest BCUT2D eigenvalue weighted by Gasteiger charge is 2.29. The van der Waals surface area contributed by atoms with E-state index in [1.54, 1.807) is 24.9 Å². The highest BCUT2D eigenvalue weighted by molar-refractivity contribution is 8.13. The molecule has 0 saturated carbocycles. The van der Waals surface area contributed by atoms with E-state index < -0.39 is 0 Å². The summed E-state index contributed by atoms with van der Waals surface area (Å²) in [6, 6.07) is 8.20. The van der Waals surface area contributed by atoms with Gasteiger partial charge >= 0.3 is 0 Å². The standard InChI is InChI=1S/C21H25N3O2S.C2H6/c1-21(11-12-27-20(22)24-21)17-7-3-5-15(13-17)14-23-19(25)16-6-4-8-18(26-2)10-9-16;1-2/h3-7,9-10,13H,8,11-12,14H2,1-2H3,(H2,22,24)(H,23,25);1-2H3. The molecule has 29 heavy (non-hydrogen) atoms. The molecule has 0 saturated heterocycles. The van der Waals surface area contributed by atoms with Gasteiger partial charge in [0.25, 0.3) is 5.91 Å². The maximum atomic E-state index is 12.5. The van der Waals surface area contributed by atoms with Crippen molar-refractivity contribution in [3.8, 4) is 0 Å². The average Bonchev–Trinajstić information content (AvgIpc) is 2.99. The summed E-state index contributed by atoms with van der Waals surface area (Å²) in [6.07, 6.45) is 9.00. The molecule has 1 aromatic rings. The number of rotatable bonds is 5. The minimum absolute atomic E-state index is 0.104. The number of nitrogens with two attached hydrogens (primary N) is 1. The number of allylic oxidation sites excluding steroid dienone is 3. The largest absolute Gasteiger partial charge is 0.501 e. The lowest BCUT2D eigenvalue weighted by molar-refractivity contribution is -0.117. The normalized spacial score (nSPS) is 20.9. The SMILES string of the molecule is CC.COC1=CC=C(C(=O)NCc2cccc(C3(C)CCSC(N)=N3)c2)C=CC1.